The number of hydrogen-bond donors (Lipinski definition) is 1. The number of hydrogen-bond acceptors (Lipinski definition) is 1. The van der Waals surface area contributed by atoms with Crippen LogP contribution in [0, 0.1) is 5.92 Å². The first kappa shape index (κ1) is 30.2. The van der Waals surface area contributed by atoms with Crippen LogP contribution in [-0.2, 0) is 21.3 Å². The molecule has 28 heavy (non-hydrogen) atoms. The van der Waals surface area contributed by atoms with E-state index in [-0.39, 0.29) is 22.4 Å². The van der Waals surface area contributed by atoms with Crippen molar-refractivity contribution in [3.8, 4) is 0 Å². The van der Waals surface area contributed by atoms with E-state index < -0.39 is 5.97 Å². The summed E-state index contributed by atoms with van der Waals surface area (Å²) >= 11 is 0. The molecule has 2 nitrogen and oxygen atoms in total. The van der Waals surface area contributed by atoms with Gasteiger partial charge in [0.25, 0.3) is 0 Å². The molecule has 0 heterocycles. The normalized spacial score (nSPS) is 11.9. The van der Waals surface area contributed by atoms with Gasteiger partial charge in [0.05, 0.1) is 5.92 Å². The van der Waals surface area contributed by atoms with Crippen molar-refractivity contribution < 1.29 is 26.4 Å². The molecule has 1 atom stereocenters. The summed E-state index contributed by atoms with van der Waals surface area (Å²) in [5.41, 5.74) is 0. The molecule has 0 saturated carbocycles. The van der Waals surface area contributed by atoms with Crippen molar-refractivity contribution in [2.75, 3.05) is 0 Å². The molecule has 3 heteroatoms. The van der Waals surface area contributed by atoms with E-state index in [0.29, 0.717) is 0 Å². The van der Waals surface area contributed by atoms with Crippen LogP contribution in [-0.4, -0.2) is 11.1 Å². The van der Waals surface area contributed by atoms with Gasteiger partial charge in [0.1, 0.15) is 0 Å². The summed E-state index contributed by atoms with van der Waals surface area (Å²) in [5, 5.41) is 9.23. The molecule has 172 valence electrons. The van der Waals surface area contributed by atoms with E-state index in [2.05, 4.69) is 13.8 Å². The van der Waals surface area contributed by atoms with Crippen molar-refractivity contribution in [2.24, 2.45) is 5.92 Å². The summed E-state index contributed by atoms with van der Waals surface area (Å²) in [5.74, 6) is -0.679. The summed E-state index contributed by atoms with van der Waals surface area (Å²) in [4.78, 5) is 11.2. The SMILES string of the molecule is CCCCCCCCCCCCCCCCCCCC(CCCC)C(=O)O.[Ni]. The minimum absolute atomic E-state index is 0. The molecule has 0 aliphatic heterocycles. The molecule has 0 aliphatic carbocycles. The number of rotatable bonds is 22. The van der Waals surface area contributed by atoms with Crippen molar-refractivity contribution >= 4 is 5.97 Å². The van der Waals surface area contributed by atoms with Crippen molar-refractivity contribution in [3.05, 3.63) is 0 Å². The molecular formula is C25H50NiO2. The van der Waals surface area contributed by atoms with Gasteiger partial charge < -0.3 is 5.11 Å². The molecule has 0 fully saturated rings. The topological polar surface area (TPSA) is 37.3 Å². The third-order valence-corrected chi connectivity index (χ3v) is 5.91. The van der Waals surface area contributed by atoms with Crippen molar-refractivity contribution in [2.45, 2.75) is 149 Å². The zero-order valence-electron chi connectivity index (χ0n) is 19.1. The Labute approximate surface area is 187 Å². The van der Waals surface area contributed by atoms with Crippen LogP contribution in [0.4, 0.5) is 0 Å². The number of carboxylic acid groups (broad SMARTS) is 1. The number of aliphatic carboxylic acids is 1. The molecule has 0 bridgehead atoms. The van der Waals surface area contributed by atoms with Gasteiger partial charge in [-0.15, -0.1) is 0 Å². The van der Waals surface area contributed by atoms with Crippen LogP contribution >= 0.6 is 0 Å². The Morgan fingerprint density at radius 2 is 0.821 bits per heavy atom. The Morgan fingerprint density at radius 1 is 0.536 bits per heavy atom. The number of unbranched alkanes of at least 4 members (excludes halogenated alkanes) is 17. The number of carboxylic acids is 1. The van der Waals surface area contributed by atoms with Gasteiger partial charge in [-0.1, -0.05) is 136 Å². The molecule has 0 aromatic heterocycles. The van der Waals surface area contributed by atoms with Gasteiger partial charge in [-0.2, -0.15) is 0 Å². The first-order chi connectivity index (χ1) is 13.2. The van der Waals surface area contributed by atoms with Gasteiger partial charge in [-0.05, 0) is 12.8 Å². The third kappa shape index (κ3) is 22.3. The Morgan fingerprint density at radius 3 is 1.14 bits per heavy atom. The Balaban J connectivity index is 0. The van der Waals surface area contributed by atoms with Gasteiger partial charge in [0, 0.05) is 16.5 Å². The van der Waals surface area contributed by atoms with Crippen LogP contribution in [0.5, 0.6) is 0 Å². The summed E-state index contributed by atoms with van der Waals surface area (Å²) in [6.45, 7) is 4.42. The molecule has 0 aromatic carbocycles. The summed E-state index contributed by atoms with van der Waals surface area (Å²) < 4.78 is 0. The quantitative estimate of drug-likeness (QED) is 0.135. The maximum atomic E-state index is 11.2. The van der Waals surface area contributed by atoms with Gasteiger partial charge in [0.15, 0.2) is 0 Å². The van der Waals surface area contributed by atoms with Gasteiger partial charge in [-0.3, -0.25) is 4.79 Å². The van der Waals surface area contributed by atoms with Crippen LogP contribution in [0.2, 0.25) is 0 Å². The first-order valence-corrected chi connectivity index (χ1v) is 12.4. The van der Waals surface area contributed by atoms with E-state index in [1.165, 1.54) is 103 Å². The van der Waals surface area contributed by atoms with E-state index in [4.69, 9.17) is 0 Å². The fourth-order valence-corrected chi connectivity index (χ4v) is 3.96. The predicted molar refractivity (Wildman–Crippen MR) is 119 cm³/mol. The Hall–Kier alpha value is -0.0365. The molecule has 0 amide bonds. The van der Waals surface area contributed by atoms with Gasteiger partial charge in [-0.25, -0.2) is 0 Å². The Bertz CT molecular complexity index is 307. The second-order valence-electron chi connectivity index (χ2n) is 8.62. The van der Waals surface area contributed by atoms with Crippen LogP contribution in [0.1, 0.15) is 149 Å². The second-order valence-corrected chi connectivity index (χ2v) is 8.62. The fourth-order valence-electron chi connectivity index (χ4n) is 3.96. The van der Waals surface area contributed by atoms with Crippen molar-refractivity contribution in [1.29, 1.82) is 0 Å². The second kappa shape index (κ2) is 25.0. The van der Waals surface area contributed by atoms with Crippen LogP contribution in [0.15, 0.2) is 0 Å². The summed E-state index contributed by atoms with van der Waals surface area (Å²) in [6.07, 6.45) is 27.3. The molecule has 0 aromatic rings. The fraction of sp³-hybridized carbons (Fsp3) is 0.960. The van der Waals surface area contributed by atoms with E-state index in [1.807, 2.05) is 0 Å². The van der Waals surface area contributed by atoms with E-state index >= 15 is 0 Å². The average Bonchev–Trinajstić information content (AvgIpc) is 2.66. The third-order valence-electron chi connectivity index (χ3n) is 5.91. The van der Waals surface area contributed by atoms with Gasteiger partial charge in [0.2, 0.25) is 0 Å². The van der Waals surface area contributed by atoms with Crippen molar-refractivity contribution in [1.82, 2.24) is 0 Å². The zero-order chi connectivity index (χ0) is 20.0. The summed E-state index contributed by atoms with van der Waals surface area (Å²) in [7, 11) is 0. The molecular weight excluding hydrogens is 391 g/mol. The first-order valence-electron chi connectivity index (χ1n) is 12.4. The standard InChI is InChI=1S/C25H50O2.Ni/c1-3-5-7-8-9-10-11-12-13-14-15-16-17-18-19-20-21-23-24(25(26)27)22-6-4-2;/h24H,3-23H2,1-2H3,(H,26,27);. The van der Waals surface area contributed by atoms with E-state index in [9.17, 15) is 9.90 Å². The smallest absolute Gasteiger partial charge is 0.306 e. The predicted octanol–water partition coefficient (Wildman–Crippen LogP) is 8.92. The molecule has 1 N–H and O–H groups in total. The minimum atomic E-state index is -0.583. The Kier molecular flexibility index (Phi) is 26.9. The molecule has 0 radical (unpaired) electrons. The number of carbonyl (C=O) groups is 1. The molecule has 0 saturated heterocycles. The molecule has 0 spiro atoms. The van der Waals surface area contributed by atoms with Crippen LogP contribution in [0.25, 0.3) is 0 Å². The van der Waals surface area contributed by atoms with Crippen molar-refractivity contribution in [3.63, 3.8) is 0 Å². The van der Waals surface area contributed by atoms with Crippen LogP contribution in [0.3, 0.4) is 0 Å². The maximum absolute atomic E-state index is 11.2. The van der Waals surface area contributed by atoms with Gasteiger partial charge >= 0.3 is 5.97 Å². The van der Waals surface area contributed by atoms with E-state index in [1.54, 1.807) is 0 Å². The molecule has 1 unspecified atom stereocenters. The molecule has 0 aliphatic rings. The monoisotopic (exact) mass is 440 g/mol. The van der Waals surface area contributed by atoms with Crippen LogP contribution < -0.4 is 0 Å². The largest absolute Gasteiger partial charge is 0.481 e. The van der Waals surface area contributed by atoms with E-state index in [0.717, 1.165) is 32.1 Å². The zero-order valence-corrected chi connectivity index (χ0v) is 20.1. The summed E-state index contributed by atoms with van der Waals surface area (Å²) in [6, 6.07) is 0. The molecule has 0 rings (SSSR count). The minimum Gasteiger partial charge on any atom is -0.481 e. The maximum Gasteiger partial charge on any atom is 0.306 e. The average molecular weight is 441 g/mol.